The van der Waals surface area contributed by atoms with Crippen LogP contribution in [0.4, 0.5) is 36.4 Å². The minimum atomic E-state index is -4.75. The van der Waals surface area contributed by atoms with Gasteiger partial charge in [-0.3, -0.25) is 0 Å². The molecule has 6 nitrogen and oxygen atoms in total. The summed E-state index contributed by atoms with van der Waals surface area (Å²) in [5, 5.41) is 2.75. The standard InChI is InChI=1S/C11H10F3N5O/c12-11(13,14)20-7-3-1-2-6(4-7)17-9-5-8(15)18-10(16)19-9/h1-5H,(H5,15,16,17,18,19). The van der Waals surface area contributed by atoms with Crippen LogP contribution in [-0.2, 0) is 0 Å². The first-order valence-electron chi connectivity index (χ1n) is 5.35. The molecule has 0 bridgehead atoms. The molecule has 0 aliphatic rings. The maximum Gasteiger partial charge on any atom is 0.573 e. The maximum atomic E-state index is 12.1. The molecule has 106 valence electrons. The second-order valence-electron chi connectivity index (χ2n) is 3.74. The van der Waals surface area contributed by atoms with E-state index in [4.69, 9.17) is 11.5 Å². The SMILES string of the molecule is Nc1cc(Nc2cccc(OC(F)(F)F)c2)nc(N)n1. The molecule has 0 fully saturated rings. The van der Waals surface area contributed by atoms with Crippen LogP contribution in [0.1, 0.15) is 0 Å². The summed E-state index contributed by atoms with van der Waals surface area (Å²) in [6.07, 6.45) is -4.75. The fourth-order valence-corrected chi connectivity index (χ4v) is 1.47. The van der Waals surface area contributed by atoms with Gasteiger partial charge in [-0.1, -0.05) is 6.07 Å². The zero-order valence-corrected chi connectivity index (χ0v) is 9.98. The monoisotopic (exact) mass is 285 g/mol. The van der Waals surface area contributed by atoms with Crippen molar-refractivity contribution < 1.29 is 17.9 Å². The molecule has 0 aliphatic carbocycles. The Balaban J connectivity index is 2.19. The van der Waals surface area contributed by atoms with Crippen LogP contribution >= 0.6 is 0 Å². The number of nitrogens with zero attached hydrogens (tertiary/aromatic N) is 2. The normalized spacial score (nSPS) is 11.2. The lowest BCUT2D eigenvalue weighted by Gasteiger charge is -2.11. The number of hydrogen-bond acceptors (Lipinski definition) is 6. The molecule has 0 saturated heterocycles. The molecular formula is C11H10F3N5O. The Labute approximate surface area is 111 Å². The van der Waals surface area contributed by atoms with Crippen LogP contribution in [0.25, 0.3) is 0 Å². The highest BCUT2D eigenvalue weighted by atomic mass is 19.4. The third kappa shape index (κ3) is 3.90. The number of ether oxygens (including phenoxy) is 1. The van der Waals surface area contributed by atoms with Crippen LogP contribution < -0.4 is 21.5 Å². The summed E-state index contributed by atoms with van der Waals surface area (Å²) < 4.78 is 40.1. The number of nitrogen functional groups attached to an aromatic ring is 2. The van der Waals surface area contributed by atoms with Crippen LogP contribution in [0.2, 0.25) is 0 Å². The Kier molecular flexibility index (Phi) is 3.51. The fourth-order valence-electron chi connectivity index (χ4n) is 1.47. The third-order valence-electron chi connectivity index (χ3n) is 2.10. The number of halogens is 3. The summed E-state index contributed by atoms with van der Waals surface area (Å²) >= 11 is 0. The van der Waals surface area contributed by atoms with Crippen molar-refractivity contribution in [3.63, 3.8) is 0 Å². The molecule has 1 aromatic heterocycles. The number of anilines is 4. The van der Waals surface area contributed by atoms with E-state index in [1.54, 1.807) is 0 Å². The lowest BCUT2D eigenvalue weighted by atomic mass is 10.3. The molecule has 0 saturated carbocycles. The number of alkyl halides is 3. The Morgan fingerprint density at radius 1 is 1.10 bits per heavy atom. The van der Waals surface area contributed by atoms with Gasteiger partial charge >= 0.3 is 6.36 Å². The predicted molar refractivity (Wildman–Crippen MR) is 67.3 cm³/mol. The van der Waals surface area contributed by atoms with Gasteiger partial charge in [0, 0.05) is 17.8 Å². The molecule has 9 heteroatoms. The van der Waals surface area contributed by atoms with Gasteiger partial charge < -0.3 is 21.5 Å². The van der Waals surface area contributed by atoms with E-state index in [1.165, 1.54) is 30.3 Å². The smallest absolute Gasteiger partial charge is 0.406 e. The first kappa shape index (κ1) is 13.7. The molecule has 5 N–H and O–H groups in total. The average Bonchev–Trinajstić information content (AvgIpc) is 2.25. The van der Waals surface area contributed by atoms with E-state index >= 15 is 0 Å². The van der Waals surface area contributed by atoms with Crippen molar-refractivity contribution in [3.05, 3.63) is 30.3 Å². The van der Waals surface area contributed by atoms with Crippen LogP contribution in [-0.4, -0.2) is 16.3 Å². The van der Waals surface area contributed by atoms with E-state index in [2.05, 4.69) is 20.0 Å². The summed E-state index contributed by atoms with van der Waals surface area (Å²) in [5.74, 6) is 0.00884. The molecule has 20 heavy (non-hydrogen) atoms. The zero-order chi connectivity index (χ0) is 14.8. The molecule has 2 aromatic rings. The molecular weight excluding hydrogens is 275 g/mol. The summed E-state index contributed by atoms with van der Waals surface area (Å²) in [5.41, 5.74) is 11.2. The van der Waals surface area contributed by atoms with Gasteiger partial charge in [0.15, 0.2) is 0 Å². The molecule has 1 aromatic carbocycles. The average molecular weight is 285 g/mol. The van der Waals surface area contributed by atoms with Crippen molar-refractivity contribution in [2.24, 2.45) is 0 Å². The summed E-state index contributed by atoms with van der Waals surface area (Å²) in [6.45, 7) is 0. The van der Waals surface area contributed by atoms with Gasteiger partial charge in [-0.2, -0.15) is 9.97 Å². The lowest BCUT2D eigenvalue weighted by Crippen LogP contribution is -2.17. The second kappa shape index (κ2) is 5.11. The topological polar surface area (TPSA) is 99.1 Å². The van der Waals surface area contributed by atoms with Crippen LogP contribution in [0.15, 0.2) is 30.3 Å². The Bertz CT molecular complexity index is 597. The minimum absolute atomic E-state index is 0.0461. The van der Waals surface area contributed by atoms with E-state index in [-0.39, 0.29) is 23.3 Å². The predicted octanol–water partition coefficient (Wildman–Crippen LogP) is 2.28. The number of nitrogens with two attached hydrogens (primary N) is 2. The van der Waals surface area contributed by atoms with E-state index < -0.39 is 6.36 Å². The largest absolute Gasteiger partial charge is 0.573 e. The highest BCUT2D eigenvalue weighted by molar-refractivity contribution is 5.61. The van der Waals surface area contributed by atoms with Crippen LogP contribution in [0, 0.1) is 0 Å². The molecule has 0 aliphatic heterocycles. The van der Waals surface area contributed by atoms with Gasteiger partial charge in [0.2, 0.25) is 5.95 Å². The van der Waals surface area contributed by atoms with Crippen molar-refractivity contribution in [2.75, 3.05) is 16.8 Å². The van der Waals surface area contributed by atoms with Crippen LogP contribution in [0.5, 0.6) is 5.75 Å². The number of nitrogens with one attached hydrogen (secondary N) is 1. The highest BCUT2D eigenvalue weighted by Gasteiger charge is 2.31. The quantitative estimate of drug-likeness (QED) is 0.800. The van der Waals surface area contributed by atoms with Gasteiger partial charge in [0.1, 0.15) is 17.4 Å². The van der Waals surface area contributed by atoms with Crippen LogP contribution in [0.3, 0.4) is 0 Å². The number of benzene rings is 1. The molecule has 0 radical (unpaired) electrons. The van der Waals surface area contributed by atoms with Gasteiger partial charge in [-0.05, 0) is 12.1 Å². The van der Waals surface area contributed by atoms with E-state index in [1.807, 2.05) is 0 Å². The third-order valence-corrected chi connectivity index (χ3v) is 2.10. The summed E-state index contributed by atoms with van der Waals surface area (Å²) in [7, 11) is 0. The first-order valence-corrected chi connectivity index (χ1v) is 5.35. The molecule has 2 rings (SSSR count). The Morgan fingerprint density at radius 2 is 1.85 bits per heavy atom. The molecule has 1 heterocycles. The maximum absolute atomic E-state index is 12.1. The van der Waals surface area contributed by atoms with Crippen molar-refractivity contribution >= 4 is 23.3 Å². The Morgan fingerprint density at radius 3 is 2.50 bits per heavy atom. The Hall–Kier alpha value is -2.71. The first-order chi connectivity index (χ1) is 9.32. The van der Waals surface area contributed by atoms with Crippen molar-refractivity contribution in [1.29, 1.82) is 0 Å². The number of hydrogen-bond donors (Lipinski definition) is 3. The fraction of sp³-hybridized carbons (Fsp3) is 0.0909. The number of rotatable bonds is 3. The van der Waals surface area contributed by atoms with Crippen molar-refractivity contribution in [2.45, 2.75) is 6.36 Å². The van der Waals surface area contributed by atoms with Crippen molar-refractivity contribution in [1.82, 2.24) is 9.97 Å². The lowest BCUT2D eigenvalue weighted by molar-refractivity contribution is -0.274. The van der Waals surface area contributed by atoms with Crippen molar-refractivity contribution in [3.8, 4) is 5.75 Å². The van der Waals surface area contributed by atoms with Gasteiger partial charge in [-0.15, -0.1) is 13.2 Å². The molecule has 0 amide bonds. The van der Waals surface area contributed by atoms with Gasteiger partial charge in [0.25, 0.3) is 0 Å². The molecule has 0 atom stereocenters. The highest BCUT2D eigenvalue weighted by Crippen LogP contribution is 2.26. The second-order valence-corrected chi connectivity index (χ2v) is 3.74. The summed E-state index contributed by atoms with van der Waals surface area (Å²) in [6, 6.07) is 6.69. The molecule has 0 unspecified atom stereocenters. The van der Waals surface area contributed by atoms with E-state index in [0.29, 0.717) is 5.69 Å². The minimum Gasteiger partial charge on any atom is -0.406 e. The van der Waals surface area contributed by atoms with Gasteiger partial charge in [0.05, 0.1) is 0 Å². The van der Waals surface area contributed by atoms with E-state index in [9.17, 15) is 13.2 Å². The van der Waals surface area contributed by atoms with Gasteiger partial charge in [-0.25, -0.2) is 0 Å². The van der Waals surface area contributed by atoms with E-state index in [0.717, 1.165) is 0 Å². The number of aromatic nitrogens is 2. The zero-order valence-electron chi connectivity index (χ0n) is 9.98. The molecule has 0 spiro atoms. The summed E-state index contributed by atoms with van der Waals surface area (Å²) in [4.78, 5) is 7.52.